The molecule has 110 valence electrons. The molecule has 0 aromatic heterocycles. The Balaban J connectivity index is 1.65. The highest BCUT2D eigenvalue weighted by Crippen LogP contribution is 2.39. The van der Waals surface area contributed by atoms with Gasteiger partial charge in [-0.15, -0.1) is 0 Å². The molecule has 3 heteroatoms. The second kappa shape index (κ2) is 5.98. The monoisotopic (exact) mass is 290 g/mol. The van der Waals surface area contributed by atoms with Gasteiger partial charge in [0.2, 0.25) is 0 Å². The fourth-order valence-electron chi connectivity index (χ4n) is 3.81. The third-order valence-electron chi connectivity index (χ3n) is 5.11. The van der Waals surface area contributed by atoms with Crippen molar-refractivity contribution in [2.75, 3.05) is 18.5 Å². The summed E-state index contributed by atoms with van der Waals surface area (Å²) in [5.74, 6) is 0. The average molecular weight is 290 g/mol. The number of nitrogens with two attached hydrogens (primary N) is 1. The van der Waals surface area contributed by atoms with Crippen LogP contribution in [0.3, 0.4) is 0 Å². The molecule has 1 fully saturated rings. The van der Waals surface area contributed by atoms with Crippen LogP contribution in [0.1, 0.15) is 55.7 Å². The molecular weight excluding hydrogens is 264 g/mol. The van der Waals surface area contributed by atoms with Gasteiger partial charge in [0.05, 0.1) is 0 Å². The van der Waals surface area contributed by atoms with Crippen LogP contribution in [0.15, 0.2) is 18.2 Å². The molecule has 1 aromatic rings. The molecule has 2 aliphatic carbocycles. The van der Waals surface area contributed by atoms with Gasteiger partial charge in [0.25, 0.3) is 0 Å². The highest BCUT2D eigenvalue weighted by molar-refractivity contribution is 8.00. The highest BCUT2D eigenvalue weighted by Gasteiger charge is 2.32. The van der Waals surface area contributed by atoms with Crippen LogP contribution in [0.4, 0.5) is 5.69 Å². The lowest BCUT2D eigenvalue weighted by Gasteiger charge is -2.37. The first kappa shape index (κ1) is 14.3. The number of fused-ring (bicyclic) bond motifs is 1. The Hall–Kier alpha value is -0.670. The van der Waals surface area contributed by atoms with Crippen molar-refractivity contribution in [3.8, 4) is 0 Å². The lowest BCUT2D eigenvalue weighted by atomic mass is 9.88. The summed E-state index contributed by atoms with van der Waals surface area (Å²) in [6, 6.07) is 6.96. The Morgan fingerprint density at radius 2 is 2.10 bits per heavy atom. The molecule has 0 aliphatic heterocycles. The van der Waals surface area contributed by atoms with Crippen molar-refractivity contribution in [1.29, 1.82) is 0 Å². The topological polar surface area (TPSA) is 38.0 Å². The fourth-order valence-corrected chi connectivity index (χ4v) is 4.73. The summed E-state index contributed by atoms with van der Waals surface area (Å²) in [5.41, 5.74) is 9.71. The van der Waals surface area contributed by atoms with E-state index in [0.717, 1.165) is 12.2 Å². The van der Waals surface area contributed by atoms with E-state index in [2.05, 4.69) is 35.5 Å². The van der Waals surface area contributed by atoms with Gasteiger partial charge >= 0.3 is 0 Å². The van der Waals surface area contributed by atoms with Crippen LogP contribution >= 0.6 is 11.8 Å². The van der Waals surface area contributed by atoms with Gasteiger partial charge in [-0.3, -0.25) is 0 Å². The van der Waals surface area contributed by atoms with Crippen molar-refractivity contribution in [2.24, 2.45) is 0 Å². The Labute approximate surface area is 126 Å². The van der Waals surface area contributed by atoms with Crippen LogP contribution in [0, 0.1) is 0 Å². The summed E-state index contributed by atoms with van der Waals surface area (Å²) in [5, 5.41) is 3.86. The third-order valence-corrected chi connectivity index (χ3v) is 6.53. The first-order chi connectivity index (χ1) is 9.72. The minimum atomic E-state index is 0.481. The molecule has 0 radical (unpaired) electrons. The summed E-state index contributed by atoms with van der Waals surface area (Å²) < 4.78 is 0.481. The van der Waals surface area contributed by atoms with Gasteiger partial charge in [0.15, 0.2) is 0 Å². The molecule has 1 atom stereocenters. The normalized spacial score (nSPS) is 24.6. The van der Waals surface area contributed by atoms with Crippen LogP contribution < -0.4 is 11.1 Å². The largest absolute Gasteiger partial charge is 0.399 e. The minimum Gasteiger partial charge on any atom is -0.399 e. The first-order valence-electron chi connectivity index (χ1n) is 7.89. The minimum absolute atomic E-state index is 0.481. The summed E-state index contributed by atoms with van der Waals surface area (Å²) in [6.07, 6.45) is 11.7. The van der Waals surface area contributed by atoms with Crippen LogP contribution in [0.25, 0.3) is 0 Å². The van der Waals surface area contributed by atoms with Gasteiger partial charge in [-0.2, -0.15) is 11.8 Å². The molecule has 0 saturated heterocycles. The van der Waals surface area contributed by atoms with Crippen LogP contribution in [0.5, 0.6) is 0 Å². The van der Waals surface area contributed by atoms with Crippen LogP contribution in [-0.4, -0.2) is 17.5 Å². The number of benzene rings is 1. The zero-order chi connectivity index (χ0) is 14.0. The molecule has 3 rings (SSSR count). The maximum Gasteiger partial charge on any atom is 0.0326 e. The van der Waals surface area contributed by atoms with E-state index in [0.29, 0.717) is 10.8 Å². The van der Waals surface area contributed by atoms with Gasteiger partial charge in [-0.25, -0.2) is 0 Å². The van der Waals surface area contributed by atoms with E-state index in [-0.39, 0.29) is 0 Å². The van der Waals surface area contributed by atoms with Crippen LogP contribution in [0.2, 0.25) is 0 Å². The van der Waals surface area contributed by atoms with E-state index in [4.69, 9.17) is 5.73 Å². The lowest BCUT2D eigenvalue weighted by Crippen LogP contribution is -2.40. The zero-order valence-electron chi connectivity index (χ0n) is 12.5. The predicted octanol–water partition coefficient (Wildman–Crippen LogP) is 3.91. The lowest BCUT2D eigenvalue weighted by molar-refractivity contribution is 0.362. The molecule has 0 heterocycles. The molecular formula is C17H26N2S. The van der Waals surface area contributed by atoms with Crippen molar-refractivity contribution < 1.29 is 0 Å². The molecule has 2 aliphatic rings. The molecule has 2 nitrogen and oxygen atoms in total. The number of nitrogen functional groups attached to an aromatic ring is 1. The van der Waals surface area contributed by atoms with Crippen molar-refractivity contribution in [1.82, 2.24) is 5.32 Å². The molecule has 3 N–H and O–H groups in total. The highest BCUT2D eigenvalue weighted by atomic mass is 32.2. The molecule has 1 unspecified atom stereocenters. The maximum atomic E-state index is 5.89. The molecule has 0 spiro atoms. The quantitative estimate of drug-likeness (QED) is 0.826. The van der Waals surface area contributed by atoms with E-state index in [1.165, 1.54) is 56.1 Å². The van der Waals surface area contributed by atoms with Gasteiger partial charge in [-0.05, 0) is 55.2 Å². The number of rotatable bonds is 4. The summed E-state index contributed by atoms with van der Waals surface area (Å²) in [7, 11) is 0. The second-order valence-corrected chi connectivity index (χ2v) is 7.65. The van der Waals surface area contributed by atoms with Crippen LogP contribution in [-0.2, 0) is 6.42 Å². The number of nitrogens with one attached hydrogen (secondary N) is 1. The summed E-state index contributed by atoms with van der Waals surface area (Å²) in [6.45, 7) is 1.16. The fraction of sp³-hybridized carbons (Fsp3) is 0.647. The van der Waals surface area contributed by atoms with Gasteiger partial charge in [0.1, 0.15) is 0 Å². The first-order valence-corrected chi connectivity index (χ1v) is 9.12. The number of hydrogen-bond acceptors (Lipinski definition) is 3. The maximum absolute atomic E-state index is 5.89. The Kier molecular flexibility index (Phi) is 4.27. The van der Waals surface area contributed by atoms with E-state index >= 15 is 0 Å². The van der Waals surface area contributed by atoms with E-state index in [1.807, 2.05) is 6.07 Å². The summed E-state index contributed by atoms with van der Waals surface area (Å²) >= 11 is 2.08. The van der Waals surface area contributed by atoms with Gasteiger partial charge in [-0.1, -0.05) is 25.3 Å². The van der Waals surface area contributed by atoms with E-state index < -0.39 is 0 Å². The second-order valence-electron chi connectivity index (χ2n) is 6.38. The average Bonchev–Trinajstić information content (AvgIpc) is 2.88. The molecule has 0 bridgehead atoms. The third kappa shape index (κ3) is 2.84. The van der Waals surface area contributed by atoms with Crippen molar-refractivity contribution in [2.45, 2.75) is 55.7 Å². The zero-order valence-corrected chi connectivity index (χ0v) is 13.3. The predicted molar refractivity (Wildman–Crippen MR) is 89.3 cm³/mol. The Morgan fingerprint density at radius 1 is 1.30 bits per heavy atom. The van der Waals surface area contributed by atoms with Gasteiger partial charge < -0.3 is 11.1 Å². The van der Waals surface area contributed by atoms with Crippen molar-refractivity contribution >= 4 is 17.4 Å². The van der Waals surface area contributed by atoms with Crippen molar-refractivity contribution in [3.05, 3.63) is 29.3 Å². The Bertz CT molecular complexity index is 466. The molecule has 1 aromatic carbocycles. The van der Waals surface area contributed by atoms with Crippen molar-refractivity contribution in [3.63, 3.8) is 0 Å². The number of anilines is 1. The number of aryl methyl sites for hydroxylation is 1. The molecule has 1 saturated carbocycles. The number of thioether (sulfide) groups is 1. The van der Waals surface area contributed by atoms with Gasteiger partial charge in [0, 0.05) is 23.0 Å². The number of hydrogen-bond donors (Lipinski definition) is 2. The van der Waals surface area contributed by atoms with E-state index in [1.54, 1.807) is 0 Å². The Morgan fingerprint density at radius 3 is 2.85 bits per heavy atom. The molecule has 20 heavy (non-hydrogen) atoms. The smallest absolute Gasteiger partial charge is 0.0326 e. The molecule has 0 amide bonds. The van der Waals surface area contributed by atoms with E-state index in [9.17, 15) is 0 Å². The standard InChI is InChI=1S/C17H26N2S/c1-20-17(9-3-2-4-10-17)12-19-16-8-5-13-11-14(18)6-7-15(13)16/h6-7,11,16,19H,2-5,8-10,12,18H2,1H3. The SMILES string of the molecule is CSC1(CNC2CCc3cc(N)ccc32)CCCCC1. The summed E-state index contributed by atoms with van der Waals surface area (Å²) in [4.78, 5) is 0.